The SMILES string of the molecule is Cc1c(C(=O)NCC2(O)CCC2)sc2cccc(F)c12. The van der Waals surface area contributed by atoms with E-state index in [2.05, 4.69) is 5.32 Å². The molecule has 3 rings (SSSR count). The van der Waals surface area contributed by atoms with Crippen LogP contribution in [-0.4, -0.2) is 23.2 Å². The van der Waals surface area contributed by atoms with Gasteiger partial charge in [0, 0.05) is 16.6 Å². The van der Waals surface area contributed by atoms with Gasteiger partial charge in [-0.1, -0.05) is 6.07 Å². The molecule has 0 aliphatic heterocycles. The number of fused-ring (bicyclic) bond motifs is 1. The number of amides is 1. The Morgan fingerprint density at radius 2 is 2.25 bits per heavy atom. The molecule has 0 atom stereocenters. The van der Waals surface area contributed by atoms with E-state index in [1.165, 1.54) is 17.4 Å². The molecule has 0 unspecified atom stereocenters. The van der Waals surface area contributed by atoms with Crippen LogP contribution < -0.4 is 5.32 Å². The fourth-order valence-electron chi connectivity index (χ4n) is 2.56. The van der Waals surface area contributed by atoms with Gasteiger partial charge in [0.15, 0.2) is 0 Å². The molecule has 2 N–H and O–H groups in total. The molecular weight excluding hydrogens is 277 g/mol. The highest BCUT2D eigenvalue weighted by atomic mass is 32.1. The van der Waals surface area contributed by atoms with Crippen molar-refractivity contribution in [3.63, 3.8) is 0 Å². The third kappa shape index (κ3) is 2.21. The number of benzene rings is 1. The van der Waals surface area contributed by atoms with Crippen molar-refractivity contribution in [3.05, 3.63) is 34.5 Å². The number of aliphatic hydroxyl groups is 1. The molecule has 1 fully saturated rings. The summed E-state index contributed by atoms with van der Waals surface area (Å²) in [6.45, 7) is 2.02. The minimum Gasteiger partial charge on any atom is -0.388 e. The largest absolute Gasteiger partial charge is 0.388 e. The van der Waals surface area contributed by atoms with Gasteiger partial charge >= 0.3 is 0 Å². The highest BCUT2D eigenvalue weighted by Crippen LogP contribution is 2.33. The summed E-state index contributed by atoms with van der Waals surface area (Å²) < 4.78 is 14.6. The second-order valence-electron chi connectivity index (χ2n) is 5.43. The van der Waals surface area contributed by atoms with Gasteiger partial charge in [0.05, 0.1) is 10.5 Å². The lowest BCUT2D eigenvalue weighted by molar-refractivity contribution is -0.0300. The second-order valence-corrected chi connectivity index (χ2v) is 6.48. The first-order chi connectivity index (χ1) is 9.50. The Morgan fingerprint density at radius 3 is 2.85 bits per heavy atom. The van der Waals surface area contributed by atoms with E-state index >= 15 is 0 Å². The van der Waals surface area contributed by atoms with Crippen LogP contribution in [0.5, 0.6) is 0 Å². The van der Waals surface area contributed by atoms with Gasteiger partial charge in [-0.05, 0) is 43.9 Å². The molecule has 2 aromatic rings. The predicted molar refractivity (Wildman–Crippen MR) is 77.7 cm³/mol. The molecule has 1 aliphatic rings. The summed E-state index contributed by atoms with van der Waals surface area (Å²) >= 11 is 1.29. The Morgan fingerprint density at radius 1 is 1.50 bits per heavy atom. The van der Waals surface area contributed by atoms with E-state index in [0.29, 0.717) is 15.8 Å². The van der Waals surface area contributed by atoms with E-state index in [0.717, 1.165) is 24.0 Å². The van der Waals surface area contributed by atoms with Gasteiger partial charge in [-0.15, -0.1) is 11.3 Å². The smallest absolute Gasteiger partial charge is 0.261 e. The Labute approximate surface area is 120 Å². The number of carbonyl (C=O) groups excluding carboxylic acids is 1. The summed E-state index contributed by atoms with van der Waals surface area (Å²) in [6, 6.07) is 4.86. The van der Waals surface area contributed by atoms with Crippen LogP contribution in [-0.2, 0) is 0 Å². The highest BCUT2D eigenvalue weighted by molar-refractivity contribution is 7.21. The molecule has 1 heterocycles. The minimum absolute atomic E-state index is 0.233. The molecule has 106 valence electrons. The zero-order chi connectivity index (χ0) is 14.3. The Balaban J connectivity index is 1.84. The van der Waals surface area contributed by atoms with Crippen molar-refractivity contribution in [2.24, 2.45) is 0 Å². The average molecular weight is 293 g/mol. The first-order valence-electron chi connectivity index (χ1n) is 6.68. The van der Waals surface area contributed by atoms with Crippen molar-refractivity contribution in [2.75, 3.05) is 6.54 Å². The van der Waals surface area contributed by atoms with Crippen molar-refractivity contribution in [3.8, 4) is 0 Å². The lowest BCUT2D eigenvalue weighted by Gasteiger charge is -2.36. The van der Waals surface area contributed by atoms with E-state index in [1.54, 1.807) is 13.0 Å². The molecule has 0 saturated heterocycles. The van der Waals surface area contributed by atoms with E-state index in [-0.39, 0.29) is 18.3 Å². The molecule has 3 nitrogen and oxygen atoms in total. The third-order valence-corrected chi connectivity index (χ3v) is 5.23. The molecular formula is C15H16FNO2S. The molecule has 1 aliphatic carbocycles. The Bertz CT molecular complexity index is 676. The first-order valence-corrected chi connectivity index (χ1v) is 7.50. The van der Waals surface area contributed by atoms with Crippen LogP contribution in [0.2, 0.25) is 0 Å². The maximum atomic E-state index is 13.8. The minimum atomic E-state index is -0.745. The normalized spacial score (nSPS) is 16.9. The monoisotopic (exact) mass is 293 g/mol. The average Bonchev–Trinajstić information content (AvgIpc) is 2.72. The van der Waals surface area contributed by atoms with E-state index in [4.69, 9.17) is 0 Å². The summed E-state index contributed by atoms with van der Waals surface area (Å²) in [5, 5.41) is 13.3. The molecule has 1 aromatic heterocycles. The number of rotatable bonds is 3. The molecule has 1 saturated carbocycles. The maximum absolute atomic E-state index is 13.8. The molecule has 20 heavy (non-hydrogen) atoms. The number of nitrogens with one attached hydrogen (secondary N) is 1. The number of aryl methyl sites for hydroxylation is 1. The van der Waals surface area contributed by atoms with E-state index in [1.807, 2.05) is 6.07 Å². The number of halogens is 1. The molecule has 0 spiro atoms. The maximum Gasteiger partial charge on any atom is 0.261 e. The summed E-state index contributed by atoms with van der Waals surface area (Å²) in [4.78, 5) is 12.7. The molecule has 1 amide bonds. The zero-order valence-corrected chi connectivity index (χ0v) is 12.0. The standard InChI is InChI=1S/C15H16FNO2S/c1-9-12-10(16)4-2-5-11(12)20-13(9)14(18)17-8-15(19)6-3-7-15/h2,4-5,19H,3,6-8H2,1H3,(H,17,18). The van der Waals surface area contributed by atoms with Crippen LogP contribution in [0.1, 0.15) is 34.5 Å². The van der Waals surface area contributed by atoms with Crippen molar-refractivity contribution in [1.82, 2.24) is 5.32 Å². The molecule has 0 radical (unpaired) electrons. The van der Waals surface area contributed by atoms with Crippen LogP contribution in [0.4, 0.5) is 4.39 Å². The van der Waals surface area contributed by atoms with Gasteiger partial charge in [0.1, 0.15) is 5.82 Å². The number of hydrogen-bond donors (Lipinski definition) is 2. The molecule has 0 bridgehead atoms. The van der Waals surface area contributed by atoms with Gasteiger partial charge in [0.2, 0.25) is 0 Å². The van der Waals surface area contributed by atoms with Crippen molar-refractivity contribution in [1.29, 1.82) is 0 Å². The quantitative estimate of drug-likeness (QED) is 0.914. The summed E-state index contributed by atoms with van der Waals surface area (Å²) in [7, 11) is 0. The highest BCUT2D eigenvalue weighted by Gasteiger charge is 2.34. The topological polar surface area (TPSA) is 49.3 Å². The van der Waals surface area contributed by atoms with Crippen LogP contribution in [0.15, 0.2) is 18.2 Å². The van der Waals surface area contributed by atoms with E-state index in [9.17, 15) is 14.3 Å². The van der Waals surface area contributed by atoms with Crippen LogP contribution in [0, 0.1) is 12.7 Å². The Kier molecular flexibility index (Phi) is 3.26. The zero-order valence-electron chi connectivity index (χ0n) is 11.2. The van der Waals surface area contributed by atoms with Crippen LogP contribution in [0.25, 0.3) is 10.1 Å². The van der Waals surface area contributed by atoms with Gasteiger partial charge in [-0.3, -0.25) is 4.79 Å². The Hall–Kier alpha value is -1.46. The number of thiophene rings is 1. The van der Waals surface area contributed by atoms with E-state index < -0.39 is 5.60 Å². The third-order valence-electron chi connectivity index (χ3n) is 3.97. The van der Waals surface area contributed by atoms with Gasteiger partial charge < -0.3 is 10.4 Å². The van der Waals surface area contributed by atoms with Crippen molar-refractivity contribution < 1.29 is 14.3 Å². The van der Waals surface area contributed by atoms with Gasteiger partial charge in [0.25, 0.3) is 5.91 Å². The van der Waals surface area contributed by atoms with Gasteiger partial charge in [-0.2, -0.15) is 0 Å². The number of carbonyl (C=O) groups is 1. The fourth-order valence-corrected chi connectivity index (χ4v) is 3.70. The van der Waals surface area contributed by atoms with Crippen LogP contribution in [0.3, 0.4) is 0 Å². The first kappa shape index (κ1) is 13.5. The summed E-state index contributed by atoms with van der Waals surface area (Å²) in [5.41, 5.74) is -0.0768. The van der Waals surface area contributed by atoms with Crippen LogP contribution >= 0.6 is 11.3 Å². The summed E-state index contributed by atoms with van der Waals surface area (Å²) in [6.07, 6.45) is 2.46. The van der Waals surface area contributed by atoms with Crippen molar-refractivity contribution in [2.45, 2.75) is 31.8 Å². The lowest BCUT2D eigenvalue weighted by atomic mass is 9.80. The van der Waals surface area contributed by atoms with Gasteiger partial charge in [-0.25, -0.2) is 4.39 Å². The summed E-state index contributed by atoms with van der Waals surface area (Å²) in [5.74, 6) is -0.531. The fraction of sp³-hybridized carbons (Fsp3) is 0.400. The second kappa shape index (κ2) is 4.82. The molecule has 1 aromatic carbocycles. The number of hydrogen-bond acceptors (Lipinski definition) is 3. The predicted octanol–water partition coefficient (Wildman–Crippen LogP) is 2.99. The lowest BCUT2D eigenvalue weighted by Crippen LogP contribution is -2.47. The van der Waals surface area contributed by atoms with Crippen molar-refractivity contribution >= 4 is 27.3 Å². The molecule has 5 heteroatoms.